The van der Waals surface area contributed by atoms with Crippen molar-refractivity contribution in [2.75, 3.05) is 11.4 Å². The molecule has 2 amide bonds. The Hall–Kier alpha value is -2.05. The molecular formula is C13H13F3N2O2. The van der Waals surface area contributed by atoms with E-state index in [1.807, 2.05) is 0 Å². The number of anilines is 1. The van der Waals surface area contributed by atoms with Crippen LogP contribution in [0.1, 0.15) is 23.7 Å². The molecule has 0 radical (unpaired) electrons. The molecule has 1 aromatic rings. The molecule has 0 aliphatic carbocycles. The number of benzene rings is 1. The Kier molecular flexibility index (Phi) is 3.69. The van der Waals surface area contributed by atoms with Crippen LogP contribution in [0.2, 0.25) is 0 Å². The number of halogens is 3. The molecule has 20 heavy (non-hydrogen) atoms. The first-order chi connectivity index (χ1) is 9.29. The number of hydrogen-bond donors (Lipinski definition) is 1. The van der Waals surface area contributed by atoms with E-state index in [0.717, 1.165) is 4.90 Å². The van der Waals surface area contributed by atoms with E-state index in [1.165, 1.54) is 19.1 Å². The maximum Gasteiger partial charge on any atom is 0.390 e. The van der Waals surface area contributed by atoms with Crippen molar-refractivity contribution in [2.45, 2.75) is 25.6 Å². The fourth-order valence-electron chi connectivity index (χ4n) is 2.06. The molecule has 1 N–H and O–H groups in total. The molecule has 0 saturated heterocycles. The minimum atomic E-state index is -4.36. The number of carbonyl (C=O) groups is 2. The monoisotopic (exact) mass is 286 g/mol. The number of amides is 2. The summed E-state index contributed by atoms with van der Waals surface area (Å²) < 4.78 is 37.1. The van der Waals surface area contributed by atoms with E-state index in [2.05, 4.69) is 5.32 Å². The van der Waals surface area contributed by atoms with Gasteiger partial charge in [0.2, 0.25) is 5.91 Å². The molecule has 0 spiro atoms. The summed E-state index contributed by atoms with van der Waals surface area (Å²) in [7, 11) is 0. The Morgan fingerprint density at radius 1 is 1.25 bits per heavy atom. The topological polar surface area (TPSA) is 49.4 Å². The molecule has 4 nitrogen and oxygen atoms in total. The van der Waals surface area contributed by atoms with Gasteiger partial charge in [-0.15, -0.1) is 0 Å². The number of nitrogens with one attached hydrogen (secondary N) is 1. The van der Waals surface area contributed by atoms with Gasteiger partial charge in [-0.2, -0.15) is 13.2 Å². The Labute approximate surface area is 113 Å². The minimum absolute atomic E-state index is 0.201. The second-order valence-electron chi connectivity index (χ2n) is 4.57. The van der Waals surface area contributed by atoms with Gasteiger partial charge in [0.15, 0.2) is 0 Å². The van der Waals surface area contributed by atoms with Gasteiger partial charge in [0, 0.05) is 6.54 Å². The highest BCUT2D eigenvalue weighted by Crippen LogP contribution is 2.27. The average molecular weight is 286 g/mol. The third kappa shape index (κ3) is 2.92. The SMILES string of the molecule is CC1NC(=O)c2ccccc2N(CCC(F)(F)F)C1=O. The van der Waals surface area contributed by atoms with E-state index < -0.39 is 37.0 Å². The van der Waals surface area contributed by atoms with E-state index >= 15 is 0 Å². The van der Waals surface area contributed by atoms with Gasteiger partial charge >= 0.3 is 6.18 Å². The number of rotatable bonds is 2. The van der Waals surface area contributed by atoms with E-state index in [9.17, 15) is 22.8 Å². The van der Waals surface area contributed by atoms with Crippen LogP contribution in [0, 0.1) is 0 Å². The van der Waals surface area contributed by atoms with Gasteiger partial charge in [0.1, 0.15) is 6.04 Å². The number of carbonyl (C=O) groups excluding carboxylic acids is 2. The first kappa shape index (κ1) is 14.4. The van der Waals surface area contributed by atoms with Crippen LogP contribution >= 0.6 is 0 Å². The van der Waals surface area contributed by atoms with Crippen molar-refractivity contribution in [3.8, 4) is 0 Å². The standard InChI is InChI=1S/C13H13F3N2O2/c1-8-12(20)18(7-6-13(14,15)16)10-5-3-2-4-9(10)11(19)17-8/h2-5,8H,6-7H2,1H3,(H,17,19). The van der Waals surface area contributed by atoms with Gasteiger partial charge in [0.25, 0.3) is 5.91 Å². The average Bonchev–Trinajstić information content (AvgIpc) is 2.45. The Morgan fingerprint density at radius 3 is 2.55 bits per heavy atom. The first-order valence-electron chi connectivity index (χ1n) is 6.07. The maximum atomic E-state index is 12.4. The summed E-state index contributed by atoms with van der Waals surface area (Å²) in [4.78, 5) is 25.0. The Balaban J connectivity index is 2.38. The molecule has 7 heteroatoms. The molecule has 0 aromatic heterocycles. The second-order valence-corrected chi connectivity index (χ2v) is 4.57. The normalized spacial score (nSPS) is 19.4. The summed E-state index contributed by atoms with van der Waals surface area (Å²) in [6.07, 6.45) is -5.48. The largest absolute Gasteiger partial charge is 0.390 e. The van der Waals surface area contributed by atoms with Crippen LogP contribution in [-0.4, -0.2) is 30.6 Å². The van der Waals surface area contributed by atoms with Crippen molar-refractivity contribution in [3.05, 3.63) is 29.8 Å². The number of para-hydroxylation sites is 1. The van der Waals surface area contributed by atoms with Crippen molar-refractivity contribution in [3.63, 3.8) is 0 Å². The van der Waals surface area contributed by atoms with Gasteiger partial charge in [0.05, 0.1) is 17.7 Å². The lowest BCUT2D eigenvalue weighted by atomic mass is 10.1. The maximum absolute atomic E-state index is 12.4. The molecule has 1 heterocycles. The highest BCUT2D eigenvalue weighted by molar-refractivity contribution is 6.10. The lowest BCUT2D eigenvalue weighted by molar-refractivity contribution is -0.134. The van der Waals surface area contributed by atoms with Crippen LogP contribution in [0.5, 0.6) is 0 Å². The summed E-state index contributed by atoms with van der Waals surface area (Å²) in [5, 5.41) is 2.46. The van der Waals surface area contributed by atoms with Crippen LogP contribution in [0.3, 0.4) is 0 Å². The minimum Gasteiger partial charge on any atom is -0.340 e. The molecule has 0 bridgehead atoms. The van der Waals surface area contributed by atoms with Crippen molar-refractivity contribution < 1.29 is 22.8 Å². The smallest absolute Gasteiger partial charge is 0.340 e. The summed E-state index contributed by atoms with van der Waals surface area (Å²) in [5.41, 5.74) is 0.413. The predicted molar refractivity (Wildman–Crippen MR) is 66.4 cm³/mol. The van der Waals surface area contributed by atoms with Crippen LogP contribution in [0.4, 0.5) is 18.9 Å². The third-order valence-corrected chi connectivity index (χ3v) is 3.04. The summed E-state index contributed by atoms with van der Waals surface area (Å²) in [6, 6.07) is 5.28. The Bertz CT molecular complexity index is 543. The summed E-state index contributed by atoms with van der Waals surface area (Å²) in [5.74, 6) is -1.01. The van der Waals surface area contributed by atoms with Crippen LogP contribution in [-0.2, 0) is 4.79 Å². The van der Waals surface area contributed by atoms with E-state index in [0.29, 0.717) is 0 Å². The molecule has 0 fully saturated rings. The molecule has 2 rings (SSSR count). The third-order valence-electron chi connectivity index (χ3n) is 3.04. The lowest BCUT2D eigenvalue weighted by Crippen LogP contribution is -2.44. The molecule has 1 aliphatic heterocycles. The van der Waals surface area contributed by atoms with E-state index in [4.69, 9.17) is 0 Å². The van der Waals surface area contributed by atoms with Gasteiger partial charge in [-0.05, 0) is 19.1 Å². The number of hydrogen-bond acceptors (Lipinski definition) is 2. The zero-order chi connectivity index (χ0) is 14.9. The van der Waals surface area contributed by atoms with Gasteiger partial charge in [-0.3, -0.25) is 9.59 Å². The zero-order valence-electron chi connectivity index (χ0n) is 10.7. The van der Waals surface area contributed by atoms with Crippen molar-refractivity contribution in [1.82, 2.24) is 5.32 Å². The quantitative estimate of drug-likeness (QED) is 0.905. The zero-order valence-corrected chi connectivity index (χ0v) is 10.7. The van der Waals surface area contributed by atoms with Crippen LogP contribution in [0.15, 0.2) is 24.3 Å². The molecule has 1 aliphatic rings. The highest BCUT2D eigenvalue weighted by Gasteiger charge is 2.34. The molecule has 0 saturated carbocycles. The predicted octanol–water partition coefficient (Wildman–Crippen LogP) is 2.10. The molecule has 1 aromatic carbocycles. The van der Waals surface area contributed by atoms with E-state index in [-0.39, 0.29) is 11.3 Å². The second kappa shape index (κ2) is 5.15. The van der Waals surface area contributed by atoms with Gasteiger partial charge < -0.3 is 10.2 Å². The lowest BCUT2D eigenvalue weighted by Gasteiger charge is -2.24. The van der Waals surface area contributed by atoms with Crippen molar-refractivity contribution in [1.29, 1.82) is 0 Å². The fourth-order valence-corrected chi connectivity index (χ4v) is 2.06. The Morgan fingerprint density at radius 2 is 1.90 bits per heavy atom. The highest BCUT2D eigenvalue weighted by atomic mass is 19.4. The first-order valence-corrected chi connectivity index (χ1v) is 6.07. The van der Waals surface area contributed by atoms with Gasteiger partial charge in [-0.1, -0.05) is 12.1 Å². The van der Waals surface area contributed by atoms with Crippen LogP contribution in [0.25, 0.3) is 0 Å². The summed E-state index contributed by atoms with van der Waals surface area (Å²) >= 11 is 0. The van der Waals surface area contributed by atoms with Crippen LogP contribution < -0.4 is 10.2 Å². The van der Waals surface area contributed by atoms with Crippen molar-refractivity contribution in [2.24, 2.45) is 0 Å². The number of alkyl halides is 3. The van der Waals surface area contributed by atoms with Gasteiger partial charge in [-0.25, -0.2) is 0 Å². The fraction of sp³-hybridized carbons (Fsp3) is 0.385. The molecule has 1 unspecified atom stereocenters. The van der Waals surface area contributed by atoms with Crippen molar-refractivity contribution >= 4 is 17.5 Å². The summed E-state index contributed by atoms with van der Waals surface area (Å²) in [6.45, 7) is 0.950. The number of fused-ring (bicyclic) bond motifs is 1. The molecular weight excluding hydrogens is 273 g/mol. The van der Waals surface area contributed by atoms with E-state index in [1.54, 1.807) is 12.1 Å². The molecule has 108 valence electrons. The number of nitrogens with zero attached hydrogens (tertiary/aromatic N) is 1. The molecule has 1 atom stereocenters.